The Kier molecular flexibility index (Phi) is 8.37. The molecule has 0 aliphatic carbocycles. The largest absolute Gasteiger partial charge is 0.466 e. The number of fused-ring (bicyclic) bond motifs is 2. The van der Waals surface area contributed by atoms with Gasteiger partial charge in [0.05, 0.1) is 29.1 Å². The molecule has 3 aromatic carbocycles. The molecule has 41 heavy (non-hydrogen) atoms. The number of aromatic nitrogens is 3. The van der Waals surface area contributed by atoms with Crippen molar-refractivity contribution < 1.29 is 18.6 Å². The predicted molar refractivity (Wildman–Crippen MR) is 163 cm³/mol. The highest BCUT2D eigenvalue weighted by atomic mass is 32.3. The molecule has 10 heteroatoms. The summed E-state index contributed by atoms with van der Waals surface area (Å²) in [6.07, 6.45) is 0.181. The summed E-state index contributed by atoms with van der Waals surface area (Å²) in [6, 6.07) is 17.8. The molecule has 5 rings (SSSR count). The first-order valence-electron chi connectivity index (χ1n) is 14.1. The Morgan fingerprint density at radius 1 is 1.07 bits per heavy atom. The second-order valence-electron chi connectivity index (χ2n) is 10.5. The summed E-state index contributed by atoms with van der Waals surface area (Å²) < 4.78 is 32.0. The molecule has 0 saturated carbocycles. The Morgan fingerprint density at radius 2 is 1.85 bits per heavy atom. The van der Waals surface area contributed by atoms with Crippen LogP contribution in [0.25, 0.3) is 11.0 Å². The zero-order valence-corrected chi connectivity index (χ0v) is 25.2. The Hall–Kier alpha value is -3.44. The van der Waals surface area contributed by atoms with E-state index in [1.54, 1.807) is 8.99 Å². The van der Waals surface area contributed by atoms with Crippen molar-refractivity contribution in [2.75, 3.05) is 31.1 Å². The molecule has 0 radical (unpaired) electrons. The average Bonchev–Trinajstić information content (AvgIpc) is 3.29. The number of carbonyl (C=O) groups excluding carboxylic acids is 1. The molecule has 1 aliphatic rings. The van der Waals surface area contributed by atoms with Gasteiger partial charge in [0, 0.05) is 39.1 Å². The van der Waals surface area contributed by atoms with Crippen molar-refractivity contribution in [2.24, 2.45) is 7.05 Å². The highest BCUT2D eigenvalue weighted by molar-refractivity contribution is 8.22. The van der Waals surface area contributed by atoms with E-state index in [4.69, 9.17) is 4.74 Å². The fourth-order valence-corrected chi connectivity index (χ4v) is 7.43. The van der Waals surface area contributed by atoms with E-state index in [0.717, 1.165) is 51.1 Å². The number of ether oxygens (including phenoxy) is 1. The van der Waals surface area contributed by atoms with Gasteiger partial charge in [-0.2, -0.15) is 4.31 Å². The molecule has 1 unspecified atom stereocenters. The number of anilines is 1. The van der Waals surface area contributed by atoms with Gasteiger partial charge in [-0.05, 0) is 73.7 Å². The number of rotatable bonds is 8. The third-order valence-corrected chi connectivity index (χ3v) is 10.1. The number of esters is 1. The molecule has 1 atom stereocenters. The smallest absolute Gasteiger partial charge is 0.306 e. The minimum absolute atomic E-state index is 0.181. The van der Waals surface area contributed by atoms with Crippen molar-refractivity contribution in [3.05, 3.63) is 82.4 Å². The van der Waals surface area contributed by atoms with E-state index in [1.807, 2.05) is 64.2 Å². The van der Waals surface area contributed by atoms with Gasteiger partial charge in [-0.15, -0.1) is 15.9 Å². The van der Waals surface area contributed by atoms with Crippen LogP contribution in [0.2, 0.25) is 0 Å². The molecule has 9 nitrogen and oxygen atoms in total. The summed E-state index contributed by atoms with van der Waals surface area (Å²) in [5, 5.41) is 8.55. The zero-order chi connectivity index (χ0) is 29.3. The van der Waals surface area contributed by atoms with Gasteiger partial charge < -0.3 is 9.64 Å². The molecule has 0 fully saturated rings. The molecule has 0 bridgehead atoms. The minimum atomic E-state index is -3.22. The highest BCUT2D eigenvalue weighted by Crippen LogP contribution is 2.57. The standard InChI is InChI=1S/C31H39N5O4S/c1-6-35-16-17-36(41(38,39)29-11-9-8-10-27(29)35)20-24-18-23(13-12-21(24)3)26(19-30(37)40-7-2)25-14-15-28-31(22(25)4)32-33-34(28)5/h8-15,18,26,38-39H,6-7,16-17,19-20H2,1-5H3. The summed E-state index contributed by atoms with van der Waals surface area (Å²) in [7, 11) is -1.35. The first-order chi connectivity index (χ1) is 19.6. The molecule has 0 spiro atoms. The fraction of sp³-hybridized carbons (Fsp3) is 0.387. The lowest BCUT2D eigenvalue weighted by Crippen LogP contribution is -2.32. The summed E-state index contributed by atoms with van der Waals surface area (Å²) in [5.74, 6) is -0.531. The van der Waals surface area contributed by atoms with E-state index in [9.17, 15) is 13.9 Å². The van der Waals surface area contributed by atoms with E-state index in [0.29, 0.717) is 31.1 Å². The molecule has 2 heterocycles. The van der Waals surface area contributed by atoms with E-state index < -0.39 is 10.8 Å². The number of likely N-dealkylation sites (N-methyl/N-ethyl adjacent to an activating group) is 1. The third-order valence-electron chi connectivity index (χ3n) is 8.11. The van der Waals surface area contributed by atoms with Crippen LogP contribution in [0, 0.1) is 13.8 Å². The van der Waals surface area contributed by atoms with Crippen LogP contribution in [0.4, 0.5) is 5.69 Å². The quantitative estimate of drug-likeness (QED) is 0.245. The van der Waals surface area contributed by atoms with Crippen molar-refractivity contribution in [1.82, 2.24) is 19.3 Å². The number of aryl methyl sites for hydroxylation is 3. The van der Waals surface area contributed by atoms with Crippen molar-refractivity contribution in [2.45, 2.75) is 51.5 Å². The zero-order valence-electron chi connectivity index (χ0n) is 24.4. The van der Waals surface area contributed by atoms with Gasteiger partial charge in [-0.1, -0.05) is 41.6 Å². The van der Waals surface area contributed by atoms with Gasteiger partial charge in [-0.3, -0.25) is 13.9 Å². The molecular formula is C31H39N5O4S. The lowest BCUT2D eigenvalue weighted by molar-refractivity contribution is -0.143. The number of nitrogens with zero attached hydrogens (tertiary/aromatic N) is 5. The number of hydrogen-bond acceptors (Lipinski definition) is 8. The topological polar surface area (TPSA) is 104 Å². The number of benzene rings is 3. The van der Waals surface area contributed by atoms with Crippen LogP contribution in [-0.2, 0) is 23.1 Å². The van der Waals surface area contributed by atoms with Crippen LogP contribution in [0.3, 0.4) is 0 Å². The second kappa shape index (κ2) is 11.8. The van der Waals surface area contributed by atoms with Crippen molar-refractivity contribution in [3.63, 3.8) is 0 Å². The third kappa shape index (κ3) is 5.57. The van der Waals surface area contributed by atoms with Crippen LogP contribution in [0.15, 0.2) is 59.5 Å². The highest BCUT2D eigenvalue weighted by Gasteiger charge is 2.33. The Morgan fingerprint density at radius 3 is 2.61 bits per heavy atom. The van der Waals surface area contributed by atoms with E-state index in [-0.39, 0.29) is 18.3 Å². The molecule has 0 amide bonds. The first kappa shape index (κ1) is 29.1. The maximum absolute atomic E-state index is 12.8. The van der Waals surface area contributed by atoms with Gasteiger partial charge >= 0.3 is 5.97 Å². The van der Waals surface area contributed by atoms with Crippen molar-refractivity contribution in [3.8, 4) is 0 Å². The molecule has 4 aromatic rings. The normalized spacial score (nSPS) is 16.7. The Balaban J connectivity index is 1.54. The Bertz CT molecular complexity index is 1570. The van der Waals surface area contributed by atoms with E-state index >= 15 is 0 Å². The SMILES string of the molecule is CCOC(=O)CC(c1ccc(C)c(CN2CCN(CC)c3ccccc3S2(O)O)c1)c1ccc2c(nnn2C)c1C. The summed E-state index contributed by atoms with van der Waals surface area (Å²) >= 11 is 0. The van der Waals surface area contributed by atoms with Crippen molar-refractivity contribution >= 4 is 33.5 Å². The van der Waals surface area contributed by atoms with Gasteiger partial charge in [0.1, 0.15) is 5.52 Å². The van der Waals surface area contributed by atoms with Gasteiger partial charge in [0.25, 0.3) is 0 Å². The van der Waals surface area contributed by atoms with Crippen LogP contribution in [-0.4, -0.2) is 60.6 Å². The molecule has 0 saturated heterocycles. The fourth-order valence-electron chi connectivity index (χ4n) is 5.76. The summed E-state index contributed by atoms with van der Waals surface area (Å²) in [5.41, 5.74) is 7.57. The van der Waals surface area contributed by atoms with Crippen LogP contribution >= 0.6 is 10.8 Å². The maximum Gasteiger partial charge on any atom is 0.306 e. The average molecular weight is 578 g/mol. The van der Waals surface area contributed by atoms with Crippen LogP contribution in [0.1, 0.15) is 54.0 Å². The molecule has 1 aromatic heterocycles. The second-order valence-corrected chi connectivity index (χ2v) is 12.5. The molecule has 1 aliphatic heterocycles. The lowest BCUT2D eigenvalue weighted by atomic mass is 9.84. The van der Waals surface area contributed by atoms with Gasteiger partial charge in [0.15, 0.2) is 0 Å². The number of para-hydroxylation sites is 1. The number of hydrogen-bond donors (Lipinski definition) is 2. The monoisotopic (exact) mass is 577 g/mol. The van der Waals surface area contributed by atoms with Crippen molar-refractivity contribution in [1.29, 1.82) is 0 Å². The molecule has 218 valence electrons. The Labute approximate surface area is 243 Å². The van der Waals surface area contributed by atoms with E-state index in [2.05, 4.69) is 40.3 Å². The van der Waals surface area contributed by atoms with Crippen LogP contribution < -0.4 is 4.90 Å². The van der Waals surface area contributed by atoms with E-state index in [1.165, 1.54) is 0 Å². The molecular weight excluding hydrogens is 538 g/mol. The van der Waals surface area contributed by atoms with Gasteiger partial charge in [-0.25, -0.2) is 4.68 Å². The maximum atomic E-state index is 12.8. The predicted octanol–water partition coefficient (Wildman–Crippen LogP) is 6.04. The summed E-state index contributed by atoms with van der Waals surface area (Å²) in [4.78, 5) is 15.6. The van der Waals surface area contributed by atoms with Crippen LogP contribution in [0.5, 0.6) is 0 Å². The minimum Gasteiger partial charge on any atom is -0.466 e. The van der Waals surface area contributed by atoms with Gasteiger partial charge in [0.2, 0.25) is 0 Å². The number of carbonyl (C=O) groups is 1. The first-order valence-corrected chi connectivity index (χ1v) is 15.6. The lowest BCUT2D eigenvalue weighted by Gasteiger charge is -2.42. The molecule has 2 N–H and O–H groups in total. The summed E-state index contributed by atoms with van der Waals surface area (Å²) in [6.45, 7) is 10.6.